The summed E-state index contributed by atoms with van der Waals surface area (Å²) < 4.78 is 3.25. The molecule has 1 aromatic rings. The standard InChI is InChI=1S/C11H18BrN3/c1-7(2)6-9-14-11(12)10-8(13)4-3-5-15(9)10/h7-8H,3-6,13H2,1-2H3. The lowest BCUT2D eigenvalue weighted by Gasteiger charge is -2.22. The van der Waals surface area contributed by atoms with Crippen molar-refractivity contribution in [3.05, 3.63) is 16.1 Å². The number of rotatable bonds is 2. The number of nitrogens with zero attached hydrogens (tertiary/aromatic N) is 2. The Morgan fingerprint density at radius 2 is 2.33 bits per heavy atom. The lowest BCUT2D eigenvalue weighted by atomic mass is 10.0. The summed E-state index contributed by atoms with van der Waals surface area (Å²) in [6.45, 7) is 5.51. The van der Waals surface area contributed by atoms with Crippen molar-refractivity contribution < 1.29 is 0 Å². The van der Waals surface area contributed by atoms with E-state index in [0.29, 0.717) is 5.92 Å². The Morgan fingerprint density at radius 1 is 1.60 bits per heavy atom. The molecule has 2 N–H and O–H groups in total. The summed E-state index contributed by atoms with van der Waals surface area (Å²) in [5, 5.41) is 0. The lowest BCUT2D eigenvalue weighted by molar-refractivity contribution is 0.442. The van der Waals surface area contributed by atoms with Crippen LogP contribution < -0.4 is 5.73 Å². The summed E-state index contributed by atoms with van der Waals surface area (Å²) in [7, 11) is 0. The molecule has 0 saturated carbocycles. The molecule has 0 bridgehead atoms. The highest BCUT2D eigenvalue weighted by atomic mass is 79.9. The van der Waals surface area contributed by atoms with Crippen LogP contribution in [0.5, 0.6) is 0 Å². The quantitative estimate of drug-likeness (QED) is 0.899. The first kappa shape index (κ1) is 11.1. The smallest absolute Gasteiger partial charge is 0.129 e. The minimum absolute atomic E-state index is 0.154. The number of hydrogen-bond acceptors (Lipinski definition) is 2. The Bertz CT molecular complexity index is 357. The van der Waals surface area contributed by atoms with Gasteiger partial charge in [0.2, 0.25) is 0 Å². The Hall–Kier alpha value is -0.350. The van der Waals surface area contributed by atoms with E-state index in [4.69, 9.17) is 5.73 Å². The number of hydrogen-bond donors (Lipinski definition) is 1. The summed E-state index contributed by atoms with van der Waals surface area (Å²) >= 11 is 3.52. The van der Waals surface area contributed by atoms with Gasteiger partial charge in [0, 0.05) is 19.0 Å². The minimum atomic E-state index is 0.154. The molecule has 1 atom stereocenters. The average molecular weight is 272 g/mol. The molecule has 2 heterocycles. The van der Waals surface area contributed by atoms with E-state index in [1.807, 2.05) is 0 Å². The zero-order valence-electron chi connectivity index (χ0n) is 9.33. The van der Waals surface area contributed by atoms with Gasteiger partial charge >= 0.3 is 0 Å². The normalized spacial score (nSPS) is 20.7. The first-order chi connectivity index (χ1) is 7.09. The zero-order chi connectivity index (χ0) is 11.0. The summed E-state index contributed by atoms with van der Waals surface area (Å²) in [6, 6.07) is 0.154. The van der Waals surface area contributed by atoms with Gasteiger partial charge in [0.15, 0.2) is 0 Å². The predicted molar refractivity (Wildman–Crippen MR) is 64.6 cm³/mol. The van der Waals surface area contributed by atoms with Gasteiger partial charge in [0.1, 0.15) is 10.4 Å². The Morgan fingerprint density at radius 3 is 3.00 bits per heavy atom. The van der Waals surface area contributed by atoms with Crippen LogP contribution >= 0.6 is 15.9 Å². The van der Waals surface area contributed by atoms with Gasteiger partial charge in [-0.2, -0.15) is 0 Å². The van der Waals surface area contributed by atoms with Crippen LogP contribution in [-0.2, 0) is 13.0 Å². The van der Waals surface area contributed by atoms with E-state index in [2.05, 4.69) is 39.3 Å². The molecule has 0 aliphatic carbocycles. The van der Waals surface area contributed by atoms with E-state index in [-0.39, 0.29) is 6.04 Å². The molecule has 0 fully saturated rings. The van der Waals surface area contributed by atoms with Crippen LogP contribution in [0.4, 0.5) is 0 Å². The molecule has 0 radical (unpaired) electrons. The van der Waals surface area contributed by atoms with Gasteiger partial charge in [0.05, 0.1) is 5.69 Å². The molecule has 0 spiro atoms. The third-order valence-corrected chi connectivity index (χ3v) is 3.46. The zero-order valence-corrected chi connectivity index (χ0v) is 10.9. The van der Waals surface area contributed by atoms with Crippen LogP contribution in [0.3, 0.4) is 0 Å². The molecule has 3 nitrogen and oxygen atoms in total. The van der Waals surface area contributed by atoms with Crippen molar-refractivity contribution in [1.82, 2.24) is 9.55 Å². The Kier molecular flexibility index (Phi) is 3.16. The maximum atomic E-state index is 6.10. The first-order valence-electron chi connectivity index (χ1n) is 5.60. The lowest BCUT2D eigenvalue weighted by Crippen LogP contribution is -2.23. The monoisotopic (exact) mass is 271 g/mol. The first-order valence-corrected chi connectivity index (χ1v) is 6.39. The van der Waals surface area contributed by atoms with Crippen molar-refractivity contribution in [2.75, 3.05) is 0 Å². The predicted octanol–water partition coefficient (Wildman–Crippen LogP) is 2.64. The van der Waals surface area contributed by atoms with Crippen molar-refractivity contribution in [3.63, 3.8) is 0 Å². The largest absolute Gasteiger partial charge is 0.330 e. The fourth-order valence-electron chi connectivity index (χ4n) is 2.21. The molecule has 1 aliphatic heterocycles. The Balaban J connectivity index is 2.37. The van der Waals surface area contributed by atoms with E-state index in [9.17, 15) is 0 Å². The third-order valence-electron chi connectivity index (χ3n) is 2.88. The second-order valence-electron chi connectivity index (χ2n) is 4.70. The number of aromatic nitrogens is 2. The Labute approximate surface area is 99.2 Å². The van der Waals surface area contributed by atoms with Crippen molar-refractivity contribution in [1.29, 1.82) is 0 Å². The van der Waals surface area contributed by atoms with Gasteiger partial charge in [-0.3, -0.25) is 0 Å². The van der Waals surface area contributed by atoms with Gasteiger partial charge in [-0.05, 0) is 34.7 Å². The van der Waals surface area contributed by atoms with Gasteiger partial charge in [0.25, 0.3) is 0 Å². The topological polar surface area (TPSA) is 43.8 Å². The fraction of sp³-hybridized carbons (Fsp3) is 0.727. The summed E-state index contributed by atoms with van der Waals surface area (Å²) in [6.07, 6.45) is 3.28. The number of nitrogens with two attached hydrogens (primary N) is 1. The van der Waals surface area contributed by atoms with Crippen molar-refractivity contribution >= 4 is 15.9 Å². The van der Waals surface area contributed by atoms with Crippen LogP contribution in [0.2, 0.25) is 0 Å². The van der Waals surface area contributed by atoms with Crippen molar-refractivity contribution in [2.45, 2.75) is 45.7 Å². The molecule has 2 rings (SSSR count). The molecule has 0 aromatic carbocycles. The van der Waals surface area contributed by atoms with Gasteiger partial charge in [-0.15, -0.1) is 0 Å². The second-order valence-corrected chi connectivity index (χ2v) is 5.45. The number of fused-ring (bicyclic) bond motifs is 1. The summed E-state index contributed by atoms with van der Waals surface area (Å²) in [4.78, 5) is 4.58. The highest BCUT2D eigenvalue weighted by molar-refractivity contribution is 9.10. The minimum Gasteiger partial charge on any atom is -0.330 e. The van der Waals surface area contributed by atoms with E-state index >= 15 is 0 Å². The molecule has 0 amide bonds. The average Bonchev–Trinajstić information content (AvgIpc) is 2.44. The second kappa shape index (κ2) is 4.26. The number of halogens is 1. The van der Waals surface area contributed by atoms with E-state index in [1.165, 1.54) is 17.9 Å². The van der Waals surface area contributed by atoms with E-state index in [1.54, 1.807) is 0 Å². The van der Waals surface area contributed by atoms with Crippen molar-refractivity contribution in [2.24, 2.45) is 11.7 Å². The van der Waals surface area contributed by atoms with Crippen LogP contribution in [-0.4, -0.2) is 9.55 Å². The van der Waals surface area contributed by atoms with Crippen LogP contribution in [0.1, 0.15) is 44.2 Å². The van der Waals surface area contributed by atoms with Crippen LogP contribution in [0.25, 0.3) is 0 Å². The van der Waals surface area contributed by atoms with Crippen LogP contribution in [0, 0.1) is 5.92 Å². The van der Waals surface area contributed by atoms with Gasteiger partial charge < -0.3 is 10.3 Å². The molecular formula is C11H18BrN3. The van der Waals surface area contributed by atoms with Crippen molar-refractivity contribution in [3.8, 4) is 0 Å². The highest BCUT2D eigenvalue weighted by Crippen LogP contribution is 2.31. The molecule has 1 aromatic heterocycles. The van der Waals surface area contributed by atoms with E-state index < -0.39 is 0 Å². The molecule has 4 heteroatoms. The SMILES string of the molecule is CC(C)Cc1nc(Br)c2n1CCCC2N. The van der Waals surface area contributed by atoms with Crippen LogP contribution in [0.15, 0.2) is 4.60 Å². The molecule has 1 aliphatic rings. The molecular weight excluding hydrogens is 254 g/mol. The fourth-order valence-corrected chi connectivity index (χ4v) is 2.92. The van der Waals surface area contributed by atoms with E-state index in [0.717, 1.165) is 24.0 Å². The highest BCUT2D eigenvalue weighted by Gasteiger charge is 2.24. The third kappa shape index (κ3) is 2.11. The molecule has 0 saturated heterocycles. The maximum absolute atomic E-state index is 6.10. The van der Waals surface area contributed by atoms with Gasteiger partial charge in [-0.25, -0.2) is 4.98 Å². The summed E-state index contributed by atoms with van der Waals surface area (Å²) in [5.74, 6) is 1.82. The molecule has 15 heavy (non-hydrogen) atoms. The maximum Gasteiger partial charge on any atom is 0.129 e. The molecule has 84 valence electrons. The molecule has 1 unspecified atom stereocenters. The van der Waals surface area contributed by atoms with Gasteiger partial charge in [-0.1, -0.05) is 13.8 Å². The summed E-state index contributed by atoms with van der Waals surface area (Å²) in [5.41, 5.74) is 7.29. The number of imidazole rings is 1.